The van der Waals surface area contributed by atoms with Gasteiger partial charge in [0.2, 0.25) is 0 Å². The van der Waals surface area contributed by atoms with Crippen molar-refractivity contribution in [1.29, 1.82) is 0 Å². The van der Waals surface area contributed by atoms with Crippen molar-refractivity contribution in [2.24, 2.45) is 11.8 Å². The quantitative estimate of drug-likeness (QED) is 0.549. The summed E-state index contributed by atoms with van der Waals surface area (Å²) in [6, 6.07) is 0. The van der Waals surface area contributed by atoms with E-state index in [9.17, 15) is 0 Å². The number of thioether (sulfide) groups is 2. The first-order valence-corrected chi connectivity index (χ1v) is 6.30. The number of hydrogen-bond acceptors (Lipinski definition) is 2. The first-order chi connectivity index (χ1) is 4.97. The monoisotopic (exact) mass is 172 g/mol. The molecule has 0 nitrogen and oxygen atoms in total. The van der Waals surface area contributed by atoms with E-state index < -0.39 is 0 Å². The second-order valence-corrected chi connectivity index (χ2v) is 6.15. The zero-order valence-electron chi connectivity index (χ0n) is 5.95. The molecule has 0 radical (unpaired) electrons. The van der Waals surface area contributed by atoms with Crippen LogP contribution in [0, 0.1) is 11.8 Å². The Kier molecular flexibility index (Phi) is 1.31. The van der Waals surface area contributed by atoms with Crippen molar-refractivity contribution < 1.29 is 0 Å². The SMILES string of the molecule is C1CC2C3CCSC3C2S1. The summed E-state index contributed by atoms with van der Waals surface area (Å²) in [6.45, 7) is 0. The smallest absolute Gasteiger partial charge is 0.0200 e. The fourth-order valence-electron chi connectivity index (χ4n) is 2.70. The van der Waals surface area contributed by atoms with Crippen LogP contribution in [0.4, 0.5) is 0 Å². The van der Waals surface area contributed by atoms with Gasteiger partial charge in [-0.1, -0.05) is 0 Å². The van der Waals surface area contributed by atoms with Gasteiger partial charge in [-0.2, -0.15) is 23.5 Å². The van der Waals surface area contributed by atoms with Gasteiger partial charge in [-0.05, 0) is 36.2 Å². The fourth-order valence-corrected chi connectivity index (χ4v) is 6.49. The third-order valence-corrected chi connectivity index (χ3v) is 6.41. The average molecular weight is 172 g/mol. The zero-order valence-corrected chi connectivity index (χ0v) is 7.59. The Morgan fingerprint density at radius 3 is 1.80 bits per heavy atom. The van der Waals surface area contributed by atoms with Gasteiger partial charge in [-0.15, -0.1) is 0 Å². The van der Waals surface area contributed by atoms with Gasteiger partial charge in [0.25, 0.3) is 0 Å². The molecule has 2 aliphatic heterocycles. The molecule has 10 heavy (non-hydrogen) atoms. The molecule has 3 aliphatic rings. The van der Waals surface area contributed by atoms with Gasteiger partial charge < -0.3 is 0 Å². The molecular formula is C8H12S2. The summed E-state index contributed by atoms with van der Waals surface area (Å²) < 4.78 is 0. The lowest BCUT2D eigenvalue weighted by atomic mass is 9.70. The van der Waals surface area contributed by atoms with Crippen LogP contribution in [0.1, 0.15) is 12.8 Å². The Bertz CT molecular complexity index is 115. The van der Waals surface area contributed by atoms with E-state index >= 15 is 0 Å². The van der Waals surface area contributed by atoms with E-state index in [2.05, 4.69) is 23.5 Å². The minimum atomic E-state index is 1.09. The van der Waals surface area contributed by atoms with Crippen LogP contribution in [0.3, 0.4) is 0 Å². The van der Waals surface area contributed by atoms with Gasteiger partial charge >= 0.3 is 0 Å². The summed E-state index contributed by atoms with van der Waals surface area (Å²) in [7, 11) is 0. The van der Waals surface area contributed by atoms with Crippen molar-refractivity contribution in [3.05, 3.63) is 0 Å². The second-order valence-electron chi connectivity index (χ2n) is 3.58. The third-order valence-electron chi connectivity index (χ3n) is 3.24. The van der Waals surface area contributed by atoms with Crippen LogP contribution in [-0.4, -0.2) is 22.0 Å². The molecule has 2 saturated heterocycles. The van der Waals surface area contributed by atoms with Crippen molar-refractivity contribution >= 4 is 23.5 Å². The molecule has 0 aromatic carbocycles. The van der Waals surface area contributed by atoms with E-state index in [1.165, 1.54) is 24.3 Å². The summed E-state index contributed by atoms with van der Waals surface area (Å²) in [6.07, 6.45) is 3.08. The molecule has 0 N–H and O–H groups in total. The average Bonchev–Trinajstić information content (AvgIpc) is 2.42. The Labute approximate surface area is 70.5 Å². The van der Waals surface area contributed by atoms with Crippen molar-refractivity contribution in [3.63, 3.8) is 0 Å². The van der Waals surface area contributed by atoms with Crippen LogP contribution in [-0.2, 0) is 0 Å². The molecular weight excluding hydrogens is 160 g/mol. The van der Waals surface area contributed by atoms with Gasteiger partial charge in [-0.3, -0.25) is 0 Å². The van der Waals surface area contributed by atoms with Gasteiger partial charge in [0, 0.05) is 10.5 Å². The van der Waals surface area contributed by atoms with E-state index in [1.54, 1.807) is 0 Å². The van der Waals surface area contributed by atoms with Gasteiger partial charge in [0.1, 0.15) is 0 Å². The standard InChI is InChI=1S/C8H12S2/c1-3-9-7-5(1)6-2-4-10-8(6)7/h5-8H,1-4H2. The van der Waals surface area contributed by atoms with Crippen LogP contribution >= 0.6 is 23.5 Å². The number of fused-ring (bicyclic) bond motifs is 4. The molecule has 0 amide bonds. The molecule has 0 aromatic heterocycles. The van der Waals surface area contributed by atoms with Crippen LogP contribution < -0.4 is 0 Å². The zero-order chi connectivity index (χ0) is 6.55. The highest BCUT2D eigenvalue weighted by Crippen LogP contribution is 2.59. The molecule has 3 fully saturated rings. The lowest BCUT2D eigenvalue weighted by Gasteiger charge is -2.43. The molecule has 0 spiro atoms. The Hall–Kier alpha value is 0.700. The van der Waals surface area contributed by atoms with Crippen molar-refractivity contribution in [3.8, 4) is 0 Å². The second kappa shape index (κ2) is 2.10. The van der Waals surface area contributed by atoms with Gasteiger partial charge in [0.15, 0.2) is 0 Å². The van der Waals surface area contributed by atoms with Crippen LogP contribution in [0.2, 0.25) is 0 Å². The molecule has 0 aromatic rings. The van der Waals surface area contributed by atoms with E-state index in [-0.39, 0.29) is 0 Å². The van der Waals surface area contributed by atoms with Crippen LogP contribution in [0.15, 0.2) is 0 Å². The Balaban J connectivity index is 1.84. The van der Waals surface area contributed by atoms with Gasteiger partial charge in [0.05, 0.1) is 0 Å². The first kappa shape index (κ1) is 6.24. The molecule has 4 atom stereocenters. The number of rotatable bonds is 0. The maximum atomic E-state index is 2.25. The highest BCUT2D eigenvalue weighted by molar-refractivity contribution is 8.04. The molecule has 1 aliphatic carbocycles. The largest absolute Gasteiger partial charge is 0.157 e. The van der Waals surface area contributed by atoms with Crippen LogP contribution in [0.25, 0.3) is 0 Å². The number of hydrogen-bond donors (Lipinski definition) is 0. The highest BCUT2D eigenvalue weighted by atomic mass is 32.2. The molecule has 4 unspecified atom stereocenters. The van der Waals surface area contributed by atoms with E-state index in [0.29, 0.717) is 0 Å². The van der Waals surface area contributed by atoms with E-state index in [4.69, 9.17) is 0 Å². The molecule has 0 bridgehead atoms. The minimum absolute atomic E-state index is 1.09. The summed E-state index contributed by atoms with van der Waals surface area (Å²) in [5, 5.41) is 2.19. The predicted octanol–water partition coefficient (Wildman–Crippen LogP) is 2.24. The van der Waals surface area contributed by atoms with E-state index in [1.807, 2.05) is 0 Å². The third kappa shape index (κ3) is 0.626. The molecule has 2 heteroatoms. The first-order valence-electron chi connectivity index (χ1n) is 4.20. The normalized spacial score (nSPS) is 57.6. The molecule has 3 rings (SSSR count). The maximum Gasteiger partial charge on any atom is 0.0200 e. The van der Waals surface area contributed by atoms with Crippen molar-refractivity contribution in [2.75, 3.05) is 11.5 Å². The summed E-state index contributed by atoms with van der Waals surface area (Å²) in [4.78, 5) is 0. The Morgan fingerprint density at radius 1 is 0.800 bits per heavy atom. The van der Waals surface area contributed by atoms with Crippen molar-refractivity contribution in [1.82, 2.24) is 0 Å². The minimum Gasteiger partial charge on any atom is -0.157 e. The highest BCUT2D eigenvalue weighted by Gasteiger charge is 2.54. The summed E-state index contributed by atoms with van der Waals surface area (Å²) >= 11 is 4.50. The molecule has 2 heterocycles. The van der Waals surface area contributed by atoms with Gasteiger partial charge in [-0.25, -0.2) is 0 Å². The fraction of sp³-hybridized carbons (Fsp3) is 1.00. The molecule has 56 valence electrons. The lowest BCUT2D eigenvalue weighted by Crippen LogP contribution is -2.46. The predicted molar refractivity (Wildman–Crippen MR) is 48.7 cm³/mol. The summed E-state index contributed by atoms with van der Waals surface area (Å²) in [5.74, 6) is 5.24. The lowest BCUT2D eigenvalue weighted by molar-refractivity contribution is 0.215. The van der Waals surface area contributed by atoms with Crippen molar-refractivity contribution in [2.45, 2.75) is 23.3 Å². The topological polar surface area (TPSA) is 0 Å². The van der Waals surface area contributed by atoms with E-state index in [0.717, 1.165) is 22.3 Å². The maximum absolute atomic E-state index is 2.25. The summed E-state index contributed by atoms with van der Waals surface area (Å²) in [5.41, 5.74) is 0. The molecule has 1 saturated carbocycles. The van der Waals surface area contributed by atoms with Crippen LogP contribution in [0.5, 0.6) is 0 Å². The Morgan fingerprint density at radius 2 is 1.30 bits per heavy atom.